The van der Waals surface area contributed by atoms with Crippen molar-refractivity contribution in [3.63, 3.8) is 0 Å². The summed E-state index contributed by atoms with van der Waals surface area (Å²) in [6, 6.07) is 19.1. The molecule has 0 spiro atoms. The van der Waals surface area contributed by atoms with E-state index in [-0.39, 0.29) is 16.7 Å². The lowest BCUT2D eigenvalue weighted by atomic mass is 9.76. The van der Waals surface area contributed by atoms with Crippen LogP contribution in [0.25, 0.3) is 33.3 Å². The van der Waals surface area contributed by atoms with Crippen LogP contribution >= 0.6 is 0 Å². The minimum atomic E-state index is -5.58. The average Bonchev–Trinajstić information content (AvgIpc) is 3.04. The number of para-hydroxylation sites is 1. The van der Waals surface area contributed by atoms with Gasteiger partial charge in [-0.05, 0) is 40.5 Å². The van der Waals surface area contributed by atoms with Crippen LogP contribution in [0.5, 0.6) is 0 Å². The first kappa shape index (κ1) is 19.6. The van der Waals surface area contributed by atoms with Gasteiger partial charge < -0.3 is 0 Å². The quantitative estimate of drug-likeness (QED) is 0.290. The van der Waals surface area contributed by atoms with Crippen LogP contribution in [-0.2, 0) is 5.41 Å². The molecular formula is C24H13F6N. The molecular weight excluding hydrogens is 416 g/mol. The molecule has 3 aromatic carbocycles. The number of nitrogens with zero attached hydrogens (tertiary/aromatic N) is 1. The Morgan fingerprint density at radius 1 is 0.613 bits per heavy atom. The molecule has 5 rings (SSSR count). The molecule has 1 nitrogen and oxygen atoms in total. The molecule has 1 aromatic heterocycles. The molecule has 0 saturated carbocycles. The average molecular weight is 429 g/mol. The first-order valence-electron chi connectivity index (χ1n) is 9.38. The van der Waals surface area contributed by atoms with E-state index in [1.54, 1.807) is 24.3 Å². The van der Waals surface area contributed by atoms with Crippen LogP contribution in [-0.4, -0.2) is 17.3 Å². The predicted molar refractivity (Wildman–Crippen MR) is 106 cm³/mol. The van der Waals surface area contributed by atoms with E-state index in [1.807, 2.05) is 12.1 Å². The lowest BCUT2D eigenvalue weighted by Crippen LogP contribution is -2.53. The lowest BCUT2D eigenvalue weighted by molar-refractivity contribution is -0.287. The molecule has 0 radical (unpaired) electrons. The van der Waals surface area contributed by atoms with Gasteiger partial charge in [0.1, 0.15) is 0 Å². The van der Waals surface area contributed by atoms with Crippen LogP contribution in [0.4, 0.5) is 26.3 Å². The van der Waals surface area contributed by atoms with Gasteiger partial charge in [-0.2, -0.15) is 26.3 Å². The fourth-order valence-electron chi connectivity index (χ4n) is 4.44. The molecule has 1 heterocycles. The van der Waals surface area contributed by atoms with E-state index in [2.05, 4.69) is 4.98 Å². The van der Waals surface area contributed by atoms with Crippen molar-refractivity contribution in [3.05, 3.63) is 90.0 Å². The van der Waals surface area contributed by atoms with Gasteiger partial charge in [0.25, 0.3) is 0 Å². The summed E-state index contributed by atoms with van der Waals surface area (Å²) in [6.07, 6.45) is -11.2. The maximum absolute atomic E-state index is 14.3. The number of pyridine rings is 1. The van der Waals surface area contributed by atoms with Crippen molar-refractivity contribution >= 4 is 10.9 Å². The van der Waals surface area contributed by atoms with E-state index in [0.717, 1.165) is 17.5 Å². The highest BCUT2D eigenvalue weighted by Crippen LogP contribution is 2.63. The summed E-state index contributed by atoms with van der Waals surface area (Å²) in [4.78, 5) is 4.43. The zero-order chi connectivity index (χ0) is 22.0. The van der Waals surface area contributed by atoms with Gasteiger partial charge in [0.2, 0.25) is 5.41 Å². The number of hydrogen-bond donors (Lipinski definition) is 0. The second-order valence-corrected chi connectivity index (χ2v) is 7.44. The minimum Gasteiger partial charge on any atom is -0.248 e. The second-order valence-electron chi connectivity index (χ2n) is 7.44. The lowest BCUT2D eigenvalue weighted by Gasteiger charge is -2.36. The molecule has 0 bridgehead atoms. The van der Waals surface area contributed by atoms with Crippen molar-refractivity contribution in [2.75, 3.05) is 0 Å². The summed E-state index contributed by atoms with van der Waals surface area (Å²) in [7, 11) is 0. The van der Waals surface area contributed by atoms with Crippen molar-refractivity contribution in [1.82, 2.24) is 4.98 Å². The molecule has 156 valence electrons. The van der Waals surface area contributed by atoms with Crippen LogP contribution < -0.4 is 0 Å². The van der Waals surface area contributed by atoms with Crippen molar-refractivity contribution < 1.29 is 26.3 Å². The van der Waals surface area contributed by atoms with Gasteiger partial charge >= 0.3 is 12.4 Å². The number of halogens is 6. The van der Waals surface area contributed by atoms with E-state index < -0.39 is 28.9 Å². The molecule has 1 aliphatic rings. The number of rotatable bonds is 1. The first-order chi connectivity index (χ1) is 14.6. The SMILES string of the molecule is FC(F)(F)C1(C(F)(F)F)c2ccccc2-c2ccc(-c3ccc4ccccc4n3)cc21. The van der Waals surface area contributed by atoms with E-state index in [9.17, 15) is 26.3 Å². The van der Waals surface area contributed by atoms with Crippen LogP contribution in [0.15, 0.2) is 78.9 Å². The Morgan fingerprint density at radius 3 is 2.00 bits per heavy atom. The first-order valence-corrected chi connectivity index (χ1v) is 9.38. The number of alkyl halides is 6. The van der Waals surface area contributed by atoms with E-state index in [4.69, 9.17) is 0 Å². The molecule has 0 saturated heterocycles. The summed E-state index contributed by atoms with van der Waals surface area (Å²) >= 11 is 0. The molecule has 4 aromatic rings. The normalized spacial score (nSPS) is 15.0. The molecule has 0 atom stereocenters. The van der Waals surface area contributed by atoms with Gasteiger partial charge in [-0.1, -0.05) is 60.7 Å². The third-order valence-corrected chi connectivity index (χ3v) is 5.79. The highest BCUT2D eigenvalue weighted by atomic mass is 19.4. The third kappa shape index (κ3) is 2.62. The van der Waals surface area contributed by atoms with Crippen LogP contribution in [0.1, 0.15) is 11.1 Å². The van der Waals surface area contributed by atoms with Crippen LogP contribution in [0.2, 0.25) is 0 Å². The minimum absolute atomic E-state index is 0.0647. The Bertz CT molecular complexity index is 1310. The number of fused-ring (bicyclic) bond motifs is 4. The Kier molecular flexibility index (Phi) is 4.00. The molecule has 0 aliphatic heterocycles. The number of hydrogen-bond acceptors (Lipinski definition) is 1. The summed E-state index contributed by atoms with van der Waals surface area (Å²) in [5.74, 6) is 0. The summed E-state index contributed by atoms with van der Waals surface area (Å²) in [5, 5.41) is 0.819. The van der Waals surface area contributed by atoms with Crippen LogP contribution in [0.3, 0.4) is 0 Å². The summed E-state index contributed by atoms with van der Waals surface area (Å²) in [6.45, 7) is 0. The fourth-order valence-corrected chi connectivity index (χ4v) is 4.44. The van der Waals surface area contributed by atoms with Crippen LogP contribution in [0, 0.1) is 0 Å². The maximum atomic E-state index is 14.3. The van der Waals surface area contributed by atoms with Gasteiger partial charge in [0.15, 0.2) is 0 Å². The highest BCUT2D eigenvalue weighted by Gasteiger charge is 2.75. The fraction of sp³-hybridized carbons (Fsp3) is 0.125. The molecule has 0 N–H and O–H groups in total. The number of aromatic nitrogens is 1. The largest absolute Gasteiger partial charge is 0.411 e. The van der Waals surface area contributed by atoms with Crippen molar-refractivity contribution in [2.24, 2.45) is 0 Å². The Balaban J connectivity index is 1.81. The second kappa shape index (κ2) is 6.33. The summed E-state index contributed by atoms with van der Waals surface area (Å²) < 4.78 is 85.7. The Hall–Kier alpha value is -3.35. The zero-order valence-electron chi connectivity index (χ0n) is 15.7. The smallest absolute Gasteiger partial charge is 0.248 e. The predicted octanol–water partition coefficient (Wildman–Crippen LogP) is 7.29. The molecule has 0 unspecified atom stereocenters. The van der Waals surface area contributed by atoms with E-state index in [0.29, 0.717) is 11.2 Å². The third-order valence-electron chi connectivity index (χ3n) is 5.79. The van der Waals surface area contributed by atoms with Gasteiger partial charge in [-0.15, -0.1) is 0 Å². The molecule has 7 heteroatoms. The molecule has 0 amide bonds. The Morgan fingerprint density at radius 2 is 1.26 bits per heavy atom. The van der Waals surface area contributed by atoms with E-state index in [1.165, 1.54) is 30.3 Å². The van der Waals surface area contributed by atoms with Gasteiger partial charge in [-0.3, -0.25) is 0 Å². The van der Waals surface area contributed by atoms with Crippen molar-refractivity contribution in [3.8, 4) is 22.4 Å². The molecule has 31 heavy (non-hydrogen) atoms. The van der Waals surface area contributed by atoms with Crippen molar-refractivity contribution in [1.29, 1.82) is 0 Å². The van der Waals surface area contributed by atoms with Gasteiger partial charge in [0, 0.05) is 10.9 Å². The van der Waals surface area contributed by atoms with Crippen molar-refractivity contribution in [2.45, 2.75) is 17.8 Å². The maximum Gasteiger partial charge on any atom is 0.411 e. The monoisotopic (exact) mass is 429 g/mol. The highest BCUT2D eigenvalue weighted by molar-refractivity contribution is 5.86. The Labute approximate surface area is 173 Å². The van der Waals surface area contributed by atoms with Gasteiger partial charge in [-0.25, -0.2) is 4.98 Å². The standard InChI is InChI=1S/C24H13F6N/c25-23(26,27)22(24(28,29)30)18-7-3-2-6-16(18)17-11-9-15(13-19(17)22)21-12-10-14-5-1-4-8-20(14)31-21/h1-13H. The molecule has 1 aliphatic carbocycles. The molecule has 0 fully saturated rings. The van der Waals surface area contributed by atoms with Gasteiger partial charge in [0.05, 0.1) is 11.2 Å². The zero-order valence-corrected chi connectivity index (χ0v) is 15.7. The summed E-state index contributed by atoms with van der Waals surface area (Å²) in [5.41, 5.74) is -4.76. The topological polar surface area (TPSA) is 12.9 Å². The van der Waals surface area contributed by atoms with E-state index >= 15 is 0 Å². The number of benzene rings is 3.